The van der Waals surface area contributed by atoms with Gasteiger partial charge in [0.2, 0.25) is 0 Å². The molecule has 0 radical (unpaired) electrons. The van der Waals surface area contributed by atoms with Crippen LogP contribution in [0.4, 0.5) is 10.6 Å². The van der Waals surface area contributed by atoms with Crippen molar-refractivity contribution in [1.82, 2.24) is 14.9 Å². The third-order valence-electron chi connectivity index (χ3n) is 4.67. The van der Waals surface area contributed by atoms with Crippen LogP contribution in [0, 0.1) is 0 Å². The Bertz CT molecular complexity index is 595. The Kier molecular flexibility index (Phi) is 5.91. The molecule has 6 nitrogen and oxygen atoms in total. The van der Waals surface area contributed by atoms with Crippen LogP contribution < -0.4 is 5.32 Å². The third kappa shape index (κ3) is 5.58. The molecule has 0 aliphatic carbocycles. The number of anilines is 1. The number of hydrogen-bond donors (Lipinski definition) is 1. The van der Waals surface area contributed by atoms with Crippen LogP contribution in [0.15, 0.2) is 12.4 Å². The van der Waals surface area contributed by atoms with Gasteiger partial charge in [0.15, 0.2) is 0 Å². The highest BCUT2D eigenvalue weighted by Crippen LogP contribution is 2.26. The van der Waals surface area contributed by atoms with Crippen LogP contribution in [0.1, 0.15) is 66.5 Å². The van der Waals surface area contributed by atoms with E-state index in [0.717, 1.165) is 37.3 Å². The number of rotatable bonds is 4. The predicted molar refractivity (Wildman–Crippen MR) is 99.8 cm³/mol. The van der Waals surface area contributed by atoms with Crippen molar-refractivity contribution in [2.75, 3.05) is 18.4 Å². The Morgan fingerprint density at radius 1 is 1.32 bits per heavy atom. The minimum atomic E-state index is -0.468. The molecule has 0 bridgehead atoms. The zero-order valence-electron chi connectivity index (χ0n) is 16.4. The summed E-state index contributed by atoms with van der Waals surface area (Å²) in [5, 5.41) is 3.46. The maximum Gasteiger partial charge on any atom is 0.410 e. The summed E-state index contributed by atoms with van der Waals surface area (Å²) in [5.41, 5.74) is 0.589. The summed E-state index contributed by atoms with van der Waals surface area (Å²) in [6.45, 7) is 13.6. The van der Waals surface area contributed by atoms with Crippen molar-refractivity contribution in [3.8, 4) is 0 Å². The number of piperidine rings is 1. The number of carbonyl (C=O) groups excluding carboxylic acids is 1. The molecule has 1 atom stereocenters. The molecule has 1 amide bonds. The van der Waals surface area contributed by atoms with Crippen LogP contribution >= 0.6 is 0 Å². The fourth-order valence-corrected chi connectivity index (χ4v) is 2.78. The quantitative estimate of drug-likeness (QED) is 0.891. The van der Waals surface area contributed by atoms with Gasteiger partial charge in [-0.3, -0.25) is 0 Å². The number of nitrogens with zero attached hydrogens (tertiary/aromatic N) is 3. The van der Waals surface area contributed by atoms with Gasteiger partial charge in [0, 0.05) is 30.6 Å². The molecule has 6 heteroatoms. The molecule has 2 rings (SSSR count). The van der Waals surface area contributed by atoms with E-state index in [1.165, 1.54) is 0 Å². The highest BCUT2D eigenvalue weighted by Gasteiger charge is 2.28. The molecule has 2 heterocycles. The average molecular weight is 348 g/mol. The topological polar surface area (TPSA) is 67.4 Å². The van der Waals surface area contributed by atoms with E-state index in [9.17, 15) is 4.79 Å². The number of nitrogens with one attached hydrogen (secondary N) is 1. The lowest BCUT2D eigenvalue weighted by molar-refractivity contribution is 0.0206. The maximum atomic E-state index is 12.3. The Hall–Kier alpha value is -1.85. The minimum absolute atomic E-state index is 0.0223. The van der Waals surface area contributed by atoms with Crippen LogP contribution in [-0.2, 0) is 10.2 Å². The van der Waals surface area contributed by atoms with Crippen molar-refractivity contribution in [3.05, 3.63) is 18.1 Å². The summed E-state index contributed by atoms with van der Waals surface area (Å²) < 4.78 is 5.49. The molecule has 1 aromatic heterocycles. The van der Waals surface area contributed by atoms with Crippen LogP contribution in [0.3, 0.4) is 0 Å². The molecular weight excluding hydrogens is 316 g/mol. The summed E-state index contributed by atoms with van der Waals surface area (Å²) in [6, 6.07) is 2.20. The predicted octanol–water partition coefficient (Wildman–Crippen LogP) is 3.98. The molecule has 1 saturated heterocycles. The van der Waals surface area contributed by atoms with Gasteiger partial charge < -0.3 is 15.0 Å². The van der Waals surface area contributed by atoms with E-state index >= 15 is 0 Å². The Morgan fingerprint density at radius 2 is 2.04 bits per heavy atom. The second-order valence-corrected chi connectivity index (χ2v) is 8.44. The van der Waals surface area contributed by atoms with Crippen molar-refractivity contribution in [2.45, 2.75) is 77.9 Å². The van der Waals surface area contributed by atoms with E-state index in [1.807, 2.05) is 26.8 Å². The Balaban J connectivity index is 2.01. The number of ether oxygens (including phenoxy) is 1. The lowest BCUT2D eigenvalue weighted by Crippen LogP contribution is -2.47. The molecule has 25 heavy (non-hydrogen) atoms. The van der Waals surface area contributed by atoms with Gasteiger partial charge in [-0.2, -0.15) is 0 Å². The fraction of sp³-hybridized carbons (Fsp3) is 0.737. The number of amides is 1. The molecule has 0 saturated carbocycles. The number of aromatic nitrogens is 2. The van der Waals surface area contributed by atoms with Gasteiger partial charge in [-0.05, 0) is 40.0 Å². The van der Waals surface area contributed by atoms with Gasteiger partial charge in [-0.25, -0.2) is 14.8 Å². The van der Waals surface area contributed by atoms with E-state index in [-0.39, 0.29) is 17.6 Å². The lowest BCUT2D eigenvalue weighted by Gasteiger charge is -2.34. The maximum absolute atomic E-state index is 12.3. The summed E-state index contributed by atoms with van der Waals surface area (Å²) in [5.74, 6) is 0.822. The first-order valence-corrected chi connectivity index (χ1v) is 9.18. The van der Waals surface area contributed by atoms with Gasteiger partial charge in [-0.1, -0.05) is 20.8 Å². The summed E-state index contributed by atoms with van der Waals surface area (Å²) in [7, 11) is 0. The average Bonchev–Trinajstić information content (AvgIpc) is 2.54. The molecule has 0 spiro atoms. The van der Waals surface area contributed by atoms with Crippen molar-refractivity contribution < 1.29 is 9.53 Å². The first kappa shape index (κ1) is 19.5. The largest absolute Gasteiger partial charge is 0.444 e. The number of likely N-dealkylation sites (tertiary alicyclic amines) is 1. The summed E-state index contributed by atoms with van der Waals surface area (Å²) in [6.07, 6.45) is 4.35. The SMILES string of the molecule is CCC(C)(C)c1cc(NC2CCCN(C(=O)OC(C)(C)C)C2)ncn1. The fourth-order valence-electron chi connectivity index (χ4n) is 2.78. The molecule has 140 valence electrons. The molecule has 0 aromatic carbocycles. The number of hydrogen-bond acceptors (Lipinski definition) is 5. The molecule has 1 aliphatic heterocycles. The highest BCUT2D eigenvalue weighted by atomic mass is 16.6. The first-order valence-electron chi connectivity index (χ1n) is 9.18. The molecule has 1 aliphatic rings. The molecular formula is C19H32N4O2. The normalized spacial score (nSPS) is 18.8. The molecule has 1 fully saturated rings. The summed E-state index contributed by atoms with van der Waals surface area (Å²) in [4.78, 5) is 22.8. The minimum Gasteiger partial charge on any atom is -0.444 e. The second kappa shape index (κ2) is 7.58. The van der Waals surface area contributed by atoms with Gasteiger partial charge in [-0.15, -0.1) is 0 Å². The van der Waals surface area contributed by atoms with E-state index in [4.69, 9.17) is 4.74 Å². The smallest absolute Gasteiger partial charge is 0.410 e. The Labute approximate surface area is 151 Å². The standard InChI is InChI=1S/C19H32N4O2/c1-7-19(5,6)15-11-16(21-13-20-15)22-14-9-8-10-23(12-14)17(24)25-18(2,3)4/h11,13-14H,7-10,12H2,1-6H3,(H,20,21,22). The van der Waals surface area contributed by atoms with Gasteiger partial charge in [0.05, 0.1) is 5.69 Å². The van der Waals surface area contributed by atoms with Crippen molar-refractivity contribution in [3.63, 3.8) is 0 Å². The summed E-state index contributed by atoms with van der Waals surface area (Å²) >= 11 is 0. The van der Waals surface area contributed by atoms with E-state index < -0.39 is 5.60 Å². The van der Waals surface area contributed by atoms with E-state index in [2.05, 4.69) is 36.1 Å². The van der Waals surface area contributed by atoms with Crippen LogP contribution in [0.25, 0.3) is 0 Å². The highest BCUT2D eigenvalue weighted by molar-refractivity contribution is 5.68. The zero-order chi connectivity index (χ0) is 18.7. The third-order valence-corrected chi connectivity index (χ3v) is 4.67. The van der Waals surface area contributed by atoms with Gasteiger partial charge in [0.25, 0.3) is 0 Å². The van der Waals surface area contributed by atoms with Gasteiger partial charge >= 0.3 is 6.09 Å². The lowest BCUT2D eigenvalue weighted by atomic mass is 9.86. The molecule has 1 N–H and O–H groups in total. The van der Waals surface area contributed by atoms with Crippen LogP contribution in [0.5, 0.6) is 0 Å². The van der Waals surface area contributed by atoms with Gasteiger partial charge in [0.1, 0.15) is 17.7 Å². The zero-order valence-corrected chi connectivity index (χ0v) is 16.4. The van der Waals surface area contributed by atoms with E-state index in [1.54, 1.807) is 11.2 Å². The second-order valence-electron chi connectivity index (χ2n) is 8.44. The molecule has 1 unspecified atom stereocenters. The van der Waals surface area contributed by atoms with Crippen LogP contribution in [0.2, 0.25) is 0 Å². The molecule has 1 aromatic rings. The first-order chi connectivity index (χ1) is 11.6. The number of carbonyl (C=O) groups is 1. The van der Waals surface area contributed by atoms with Crippen molar-refractivity contribution in [1.29, 1.82) is 0 Å². The van der Waals surface area contributed by atoms with Crippen LogP contribution in [-0.4, -0.2) is 45.7 Å². The van der Waals surface area contributed by atoms with Crippen molar-refractivity contribution >= 4 is 11.9 Å². The van der Waals surface area contributed by atoms with E-state index in [0.29, 0.717) is 6.54 Å². The Morgan fingerprint density at radius 3 is 2.68 bits per heavy atom. The monoisotopic (exact) mass is 348 g/mol. The van der Waals surface area contributed by atoms with Crippen molar-refractivity contribution in [2.24, 2.45) is 0 Å².